The van der Waals surface area contributed by atoms with Gasteiger partial charge in [0.1, 0.15) is 5.75 Å². The summed E-state index contributed by atoms with van der Waals surface area (Å²) >= 11 is 0. The van der Waals surface area contributed by atoms with Crippen LogP contribution in [-0.4, -0.2) is 25.0 Å². The number of hydrogen-bond donors (Lipinski definition) is 1. The van der Waals surface area contributed by atoms with Crippen LogP contribution in [0.3, 0.4) is 0 Å². The minimum absolute atomic E-state index is 0.0553. The van der Waals surface area contributed by atoms with Gasteiger partial charge in [-0.15, -0.1) is 0 Å². The second kappa shape index (κ2) is 9.74. The molecule has 154 valence electrons. The molecule has 0 saturated heterocycles. The Morgan fingerprint density at radius 1 is 0.867 bits per heavy atom. The van der Waals surface area contributed by atoms with Gasteiger partial charge in [0.25, 0.3) is 11.8 Å². The summed E-state index contributed by atoms with van der Waals surface area (Å²) in [5.74, 6) is 0.0470. The third kappa shape index (κ3) is 5.06. The van der Waals surface area contributed by atoms with Gasteiger partial charge in [-0.05, 0) is 43.7 Å². The van der Waals surface area contributed by atoms with Crippen molar-refractivity contribution in [3.63, 3.8) is 0 Å². The fourth-order valence-electron chi connectivity index (χ4n) is 3.12. The topological polar surface area (TPSA) is 58.6 Å². The number of rotatable bonds is 7. The summed E-state index contributed by atoms with van der Waals surface area (Å²) in [5, 5.41) is 2.93. The molecule has 0 atom stereocenters. The molecular formula is C25H26N2O3. The van der Waals surface area contributed by atoms with Crippen molar-refractivity contribution in [3.05, 3.63) is 95.6 Å². The van der Waals surface area contributed by atoms with E-state index in [9.17, 15) is 9.59 Å². The van der Waals surface area contributed by atoms with E-state index in [1.807, 2.05) is 56.3 Å². The fraction of sp³-hybridized carbons (Fsp3) is 0.200. The summed E-state index contributed by atoms with van der Waals surface area (Å²) in [4.78, 5) is 27.5. The highest BCUT2D eigenvalue weighted by Crippen LogP contribution is 2.26. The summed E-state index contributed by atoms with van der Waals surface area (Å²) in [7, 11) is 1.66. The highest BCUT2D eigenvalue weighted by molar-refractivity contribution is 6.11. The number of carbonyl (C=O) groups is 2. The second-order valence-electron chi connectivity index (χ2n) is 7.21. The van der Waals surface area contributed by atoms with Crippen LogP contribution < -0.4 is 15.0 Å². The Morgan fingerprint density at radius 2 is 1.47 bits per heavy atom. The van der Waals surface area contributed by atoms with Crippen LogP contribution in [0.5, 0.6) is 5.75 Å². The lowest BCUT2D eigenvalue weighted by molar-refractivity contribution is 0.0951. The van der Waals surface area contributed by atoms with Gasteiger partial charge in [0.15, 0.2) is 0 Å². The Kier molecular flexibility index (Phi) is 6.86. The molecule has 30 heavy (non-hydrogen) atoms. The lowest BCUT2D eigenvalue weighted by atomic mass is 10.1. The lowest BCUT2D eigenvalue weighted by Gasteiger charge is -2.22. The monoisotopic (exact) mass is 402 g/mol. The molecule has 0 spiro atoms. The molecule has 2 amide bonds. The van der Waals surface area contributed by atoms with Crippen molar-refractivity contribution in [3.8, 4) is 5.75 Å². The molecule has 0 radical (unpaired) electrons. The molecule has 0 aromatic heterocycles. The number of para-hydroxylation sites is 2. The van der Waals surface area contributed by atoms with Crippen LogP contribution in [0.4, 0.5) is 5.69 Å². The first kappa shape index (κ1) is 21.1. The highest BCUT2D eigenvalue weighted by atomic mass is 16.5. The van der Waals surface area contributed by atoms with Crippen LogP contribution in [0.25, 0.3) is 0 Å². The summed E-state index contributed by atoms with van der Waals surface area (Å²) in [5.41, 5.74) is 2.43. The average molecular weight is 402 g/mol. The van der Waals surface area contributed by atoms with Crippen molar-refractivity contribution in [2.45, 2.75) is 26.5 Å². The summed E-state index contributed by atoms with van der Waals surface area (Å²) in [6, 6.07) is 23.9. The number of ether oxygens (including phenoxy) is 1. The Balaban J connectivity index is 1.83. The first-order chi connectivity index (χ1) is 14.5. The largest absolute Gasteiger partial charge is 0.490 e. The Labute approximate surface area is 177 Å². The van der Waals surface area contributed by atoms with E-state index in [0.29, 0.717) is 29.1 Å². The van der Waals surface area contributed by atoms with E-state index in [4.69, 9.17) is 4.74 Å². The standard InChI is InChI=1S/C25H26N2O3/c1-18(2)30-23-16-10-8-14-21(23)25(29)27(3)22-15-9-7-13-20(22)24(28)26-17-19-11-5-4-6-12-19/h4-16,18H,17H2,1-3H3,(H,26,28). The normalized spacial score (nSPS) is 10.5. The van der Waals surface area contributed by atoms with Gasteiger partial charge in [0.2, 0.25) is 0 Å². The maximum absolute atomic E-state index is 13.2. The molecule has 3 rings (SSSR count). The molecule has 0 bridgehead atoms. The van der Waals surface area contributed by atoms with Crippen LogP contribution in [0, 0.1) is 0 Å². The molecule has 0 fully saturated rings. The molecule has 0 aliphatic carbocycles. The number of amides is 2. The van der Waals surface area contributed by atoms with E-state index in [0.717, 1.165) is 5.56 Å². The molecule has 5 heteroatoms. The average Bonchev–Trinajstić information content (AvgIpc) is 2.77. The van der Waals surface area contributed by atoms with Crippen LogP contribution >= 0.6 is 0 Å². The van der Waals surface area contributed by atoms with Gasteiger partial charge in [0, 0.05) is 13.6 Å². The Bertz CT molecular complexity index is 1020. The second-order valence-corrected chi connectivity index (χ2v) is 7.21. The fourth-order valence-corrected chi connectivity index (χ4v) is 3.12. The predicted molar refractivity (Wildman–Crippen MR) is 119 cm³/mol. The number of benzene rings is 3. The van der Waals surface area contributed by atoms with Crippen LogP contribution in [-0.2, 0) is 6.54 Å². The number of hydrogen-bond acceptors (Lipinski definition) is 3. The lowest BCUT2D eigenvalue weighted by Crippen LogP contribution is -2.31. The zero-order valence-corrected chi connectivity index (χ0v) is 17.5. The minimum atomic E-state index is -0.241. The van der Waals surface area contributed by atoms with E-state index in [1.54, 1.807) is 43.4 Å². The molecule has 0 aliphatic heterocycles. The van der Waals surface area contributed by atoms with Crippen LogP contribution in [0.2, 0.25) is 0 Å². The van der Waals surface area contributed by atoms with Crippen molar-refractivity contribution in [1.29, 1.82) is 0 Å². The van der Waals surface area contributed by atoms with Gasteiger partial charge in [0.05, 0.1) is 22.9 Å². The molecular weight excluding hydrogens is 376 g/mol. The highest BCUT2D eigenvalue weighted by Gasteiger charge is 2.22. The smallest absolute Gasteiger partial charge is 0.261 e. The van der Waals surface area contributed by atoms with Crippen LogP contribution in [0.1, 0.15) is 40.1 Å². The molecule has 1 N–H and O–H groups in total. The zero-order valence-electron chi connectivity index (χ0n) is 17.5. The number of nitrogens with one attached hydrogen (secondary N) is 1. The maximum atomic E-state index is 13.2. The van der Waals surface area contributed by atoms with Gasteiger partial charge in [-0.3, -0.25) is 9.59 Å². The van der Waals surface area contributed by atoms with Gasteiger partial charge in [-0.25, -0.2) is 0 Å². The third-order valence-electron chi connectivity index (χ3n) is 4.59. The van der Waals surface area contributed by atoms with E-state index in [1.165, 1.54) is 4.90 Å². The molecule has 5 nitrogen and oxygen atoms in total. The number of anilines is 1. The molecule has 3 aromatic carbocycles. The van der Waals surface area contributed by atoms with Crippen molar-refractivity contribution in [1.82, 2.24) is 5.32 Å². The molecule has 0 unspecified atom stereocenters. The molecule has 3 aromatic rings. The zero-order chi connectivity index (χ0) is 21.5. The van der Waals surface area contributed by atoms with Crippen molar-refractivity contribution < 1.29 is 14.3 Å². The Morgan fingerprint density at radius 3 is 2.17 bits per heavy atom. The van der Waals surface area contributed by atoms with Gasteiger partial charge >= 0.3 is 0 Å². The first-order valence-corrected chi connectivity index (χ1v) is 9.92. The van der Waals surface area contributed by atoms with E-state index in [2.05, 4.69) is 5.32 Å². The summed E-state index contributed by atoms with van der Waals surface area (Å²) < 4.78 is 5.79. The van der Waals surface area contributed by atoms with Gasteiger partial charge in [-0.1, -0.05) is 54.6 Å². The van der Waals surface area contributed by atoms with E-state index >= 15 is 0 Å². The first-order valence-electron chi connectivity index (χ1n) is 9.92. The molecule has 0 heterocycles. The van der Waals surface area contributed by atoms with Crippen molar-refractivity contribution >= 4 is 17.5 Å². The third-order valence-corrected chi connectivity index (χ3v) is 4.59. The van der Waals surface area contributed by atoms with Crippen LogP contribution in [0.15, 0.2) is 78.9 Å². The number of nitrogens with zero attached hydrogens (tertiary/aromatic N) is 1. The van der Waals surface area contributed by atoms with E-state index in [-0.39, 0.29) is 17.9 Å². The molecule has 0 saturated carbocycles. The van der Waals surface area contributed by atoms with Gasteiger partial charge in [-0.2, -0.15) is 0 Å². The maximum Gasteiger partial charge on any atom is 0.261 e. The summed E-state index contributed by atoms with van der Waals surface area (Å²) in [6.07, 6.45) is -0.0553. The van der Waals surface area contributed by atoms with Crippen molar-refractivity contribution in [2.75, 3.05) is 11.9 Å². The summed E-state index contributed by atoms with van der Waals surface area (Å²) in [6.45, 7) is 4.24. The molecule has 0 aliphatic rings. The number of carbonyl (C=O) groups excluding carboxylic acids is 2. The minimum Gasteiger partial charge on any atom is -0.490 e. The Hall–Kier alpha value is -3.60. The van der Waals surface area contributed by atoms with Crippen molar-refractivity contribution in [2.24, 2.45) is 0 Å². The van der Waals surface area contributed by atoms with E-state index < -0.39 is 0 Å². The van der Waals surface area contributed by atoms with Gasteiger partial charge < -0.3 is 15.0 Å². The quantitative estimate of drug-likeness (QED) is 0.624. The SMILES string of the molecule is CC(C)Oc1ccccc1C(=O)N(C)c1ccccc1C(=O)NCc1ccccc1. The predicted octanol–water partition coefficient (Wildman–Crippen LogP) is 4.68.